The summed E-state index contributed by atoms with van der Waals surface area (Å²) in [4.78, 5) is 0. The second-order valence-corrected chi connectivity index (χ2v) is 4.96. The largest absolute Gasteiger partial charge is 0.0985 e. The average Bonchev–Trinajstić information content (AvgIpc) is 2.58. The topological polar surface area (TPSA) is 0 Å². The lowest BCUT2D eigenvalue weighted by atomic mass is 9.90. The normalized spacial score (nSPS) is 9.67. The fourth-order valence-corrected chi connectivity index (χ4v) is 2.39. The van der Waals surface area contributed by atoms with Crippen LogP contribution in [0.5, 0.6) is 0 Å². The van der Waals surface area contributed by atoms with Crippen LogP contribution in [0.2, 0.25) is 0 Å². The predicted octanol–water partition coefficient (Wildman–Crippen LogP) is 6.56. The van der Waals surface area contributed by atoms with Crippen molar-refractivity contribution in [3.63, 3.8) is 0 Å². The van der Waals surface area contributed by atoms with E-state index in [2.05, 4.69) is 51.3 Å². The minimum atomic E-state index is 0.689. The maximum Gasteiger partial charge on any atom is -0.0161 e. The molecule has 2 rings (SSSR count). The number of benzene rings is 2. The highest BCUT2D eigenvalue weighted by Crippen LogP contribution is 2.26. The smallest absolute Gasteiger partial charge is 0.0161 e. The zero-order valence-electron chi connectivity index (χ0n) is 13.3. The third-order valence-electron chi connectivity index (χ3n) is 3.68. The molecule has 0 fully saturated rings. The predicted molar refractivity (Wildman–Crippen MR) is 96.4 cm³/mol. The van der Waals surface area contributed by atoms with E-state index in [-0.39, 0.29) is 0 Å². The van der Waals surface area contributed by atoms with Crippen molar-refractivity contribution in [2.45, 2.75) is 32.6 Å². The van der Waals surface area contributed by atoms with Gasteiger partial charge in [-0.1, -0.05) is 93.8 Å². The van der Waals surface area contributed by atoms with Crippen LogP contribution < -0.4 is 0 Å². The summed E-state index contributed by atoms with van der Waals surface area (Å²) in [5.41, 5.74) is 3.91. The van der Waals surface area contributed by atoms with Gasteiger partial charge in [-0.2, -0.15) is 0 Å². The highest BCUT2D eigenvalue weighted by Gasteiger charge is 2.08. The molecule has 0 spiro atoms. The van der Waals surface area contributed by atoms with E-state index >= 15 is 0 Å². The molecule has 0 aromatic heterocycles. The summed E-state index contributed by atoms with van der Waals surface area (Å²) >= 11 is 0. The fraction of sp³-hybridized carbons (Fsp3) is 0.238. The van der Waals surface area contributed by atoms with E-state index in [0.29, 0.717) is 5.92 Å². The SMILES string of the molecule is C=Cc1ccccc1.C=Cc1ccccc1C(CC)CC. The Balaban J connectivity index is 0.000000235. The lowest BCUT2D eigenvalue weighted by Crippen LogP contribution is -1.97. The summed E-state index contributed by atoms with van der Waals surface area (Å²) in [6.07, 6.45) is 6.20. The van der Waals surface area contributed by atoms with Crippen molar-refractivity contribution >= 4 is 12.2 Å². The van der Waals surface area contributed by atoms with E-state index in [9.17, 15) is 0 Å². The minimum Gasteiger partial charge on any atom is -0.0985 e. The van der Waals surface area contributed by atoms with Crippen LogP contribution in [0.15, 0.2) is 67.8 Å². The summed E-state index contributed by atoms with van der Waals surface area (Å²) in [6.45, 7) is 12.0. The molecule has 0 amide bonds. The van der Waals surface area contributed by atoms with Crippen LogP contribution in [0.1, 0.15) is 49.3 Å². The molecule has 0 saturated heterocycles. The molecule has 0 heteroatoms. The van der Waals surface area contributed by atoms with Gasteiger partial charge < -0.3 is 0 Å². The molecule has 2 aromatic carbocycles. The van der Waals surface area contributed by atoms with Crippen molar-refractivity contribution in [1.29, 1.82) is 0 Å². The Labute approximate surface area is 129 Å². The van der Waals surface area contributed by atoms with Gasteiger partial charge in [-0.25, -0.2) is 0 Å². The molecule has 0 atom stereocenters. The third-order valence-corrected chi connectivity index (χ3v) is 3.68. The van der Waals surface area contributed by atoms with Crippen molar-refractivity contribution < 1.29 is 0 Å². The first-order chi connectivity index (χ1) is 10.3. The summed E-state index contributed by atoms with van der Waals surface area (Å²) in [7, 11) is 0. The zero-order chi connectivity index (χ0) is 15.5. The molecule has 2 aromatic rings. The van der Waals surface area contributed by atoms with E-state index < -0.39 is 0 Å². The monoisotopic (exact) mass is 278 g/mol. The Morgan fingerprint density at radius 1 is 0.810 bits per heavy atom. The van der Waals surface area contributed by atoms with Gasteiger partial charge in [0.1, 0.15) is 0 Å². The second kappa shape index (κ2) is 9.77. The molecule has 21 heavy (non-hydrogen) atoms. The molecule has 0 aliphatic heterocycles. The Hall–Kier alpha value is -2.08. The van der Waals surface area contributed by atoms with E-state index in [1.807, 2.05) is 42.5 Å². The second-order valence-electron chi connectivity index (χ2n) is 4.96. The van der Waals surface area contributed by atoms with Crippen molar-refractivity contribution in [2.75, 3.05) is 0 Å². The Kier molecular flexibility index (Phi) is 7.89. The molecule has 0 N–H and O–H groups in total. The molecule has 0 unspecified atom stereocenters. The van der Waals surface area contributed by atoms with Crippen LogP contribution in [-0.4, -0.2) is 0 Å². The maximum atomic E-state index is 3.84. The van der Waals surface area contributed by atoms with Gasteiger partial charge in [-0.3, -0.25) is 0 Å². The summed E-state index contributed by atoms with van der Waals surface area (Å²) in [6, 6.07) is 18.6. The van der Waals surface area contributed by atoms with Crippen LogP contribution in [0.25, 0.3) is 12.2 Å². The van der Waals surface area contributed by atoms with Crippen molar-refractivity contribution in [1.82, 2.24) is 0 Å². The molecule has 0 saturated carbocycles. The van der Waals surface area contributed by atoms with Crippen LogP contribution in [-0.2, 0) is 0 Å². The fourth-order valence-electron chi connectivity index (χ4n) is 2.39. The third kappa shape index (κ3) is 5.43. The molecule has 0 nitrogen and oxygen atoms in total. The van der Waals surface area contributed by atoms with Crippen LogP contribution in [0.3, 0.4) is 0 Å². The molecule has 110 valence electrons. The van der Waals surface area contributed by atoms with Gasteiger partial charge in [0.15, 0.2) is 0 Å². The summed E-state index contributed by atoms with van der Waals surface area (Å²) < 4.78 is 0. The van der Waals surface area contributed by atoms with Gasteiger partial charge >= 0.3 is 0 Å². The highest BCUT2D eigenvalue weighted by molar-refractivity contribution is 5.52. The summed E-state index contributed by atoms with van der Waals surface area (Å²) in [5.74, 6) is 0.689. The molecular formula is C21H26. The van der Waals surface area contributed by atoms with Crippen LogP contribution in [0.4, 0.5) is 0 Å². The first kappa shape index (κ1) is 17.0. The average molecular weight is 278 g/mol. The number of rotatable bonds is 5. The van der Waals surface area contributed by atoms with Gasteiger partial charge in [-0.15, -0.1) is 0 Å². The van der Waals surface area contributed by atoms with Gasteiger partial charge in [0, 0.05) is 0 Å². The Bertz CT molecular complexity index is 533. The zero-order valence-corrected chi connectivity index (χ0v) is 13.3. The minimum absolute atomic E-state index is 0.689. The standard InChI is InChI=1S/C13H18.C8H8/c1-4-11(5-2)13-10-8-7-9-12(13)6-3;1-2-8-6-4-3-5-7-8/h6-11H,3-5H2,1-2H3;2-7H,1H2. The first-order valence-electron chi connectivity index (χ1n) is 7.65. The van der Waals surface area contributed by atoms with Crippen molar-refractivity contribution in [2.24, 2.45) is 0 Å². The Morgan fingerprint density at radius 2 is 1.38 bits per heavy atom. The molecule has 0 heterocycles. The van der Waals surface area contributed by atoms with E-state index in [1.54, 1.807) is 0 Å². The van der Waals surface area contributed by atoms with Gasteiger partial charge in [-0.05, 0) is 35.4 Å². The van der Waals surface area contributed by atoms with E-state index in [0.717, 1.165) is 0 Å². The van der Waals surface area contributed by atoms with Gasteiger partial charge in [0.05, 0.1) is 0 Å². The highest BCUT2D eigenvalue weighted by atomic mass is 14.1. The maximum absolute atomic E-state index is 3.84. The molecular weight excluding hydrogens is 252 g/mol. The van der Waals surface area contributed by atoms with Crippen molar-refractivity contribution in [3.05, 3.63) is 84.4 Å². The lowest BCUT2D eigenvalue weighted by molar-refractivity contribution is 0.641. The van der Waals surface area contributed by atoms with E-state index in [4.69, 9.17) is 0 Å². The Morgan fingerprint density at radius 3 is 1.86 bits per heavy atom. The van der Waals surface area contributed by atoms with Gasteiger partial charge in [0.2, 0.25) is 0 Å². The number of hydrogen-bond acceptors (Lipinski definition) is 0. The number of hydrogen-bond donors (Lipinski definition) is 0. The molecule has 0 bridgehead atoms. The van der Waals surface area contributed by atoms with Crippen molar-refractivity contribution in [3.8, 4) is 0 Å². The van der Waals surface area contributed by atoms with Crippen LogP contribution in [0, 0.1) is 0 Å². The lowest BCUT2D eigenvalue weighted by Gasteiger charge is -2.15. The summed E-state index contributed by atoms with van der Waals surface area (Å²) in [5, 5.41) is 0. The molecule has 0 aliphatic rings. The van der Waals surface area contributed by atoms with E-state index in [1.165, 1.54) is 29.5 Å². The van der Waals surface area contributed by atoms with Gasteiger partial charge in [0.25, 0.3) is 0 Å². The molecule has 0 aliphatic carbocycles. The molecule has 0 radical (unpaired) electrons. The first-order valence-corrected chi connectivity index (χ1v) is 7.65. The van der Waals surface area contributed by atoms with Crippen LogP contribution >= 0.6 is 0 Å². The quantitative estimate of drug-likeness (QED) is 0.580.